The third-order valence-electron chi connectivity index (χ3n) is 3.23. The van der Waals surface area contributed by atoms with Gasteiger partial charge >= 0.3 is 0 Å². The van der Waals surface area contributed by atoms with Crippen molar-refractivity contribution in [3.63, 3.8) is 0 Å². The predicted molar refractivity (Wildman–Crippen MR) is 87.0 cm³/mol. The lowest BCUT2D eigenvalue weighted by Crippen LogP contribution is -2.17. The Morgan fingerprint density at radius 2 is 2.00 bits per heavy atom. The zero-order valence-electron chi connectivity index (χ0n) is 10.7. The Balaban J connectivity index is 2.09. The lowest BCUT2D eigenvalue weighted by molar-refractivity contribution is 0.693. The lowest BCUT2D eigenvalue weighted by Gasteiger charge is -2.16. The van der Waals surface area contributed by atoms with Crippen molar-refractivity contribution in [2.45, 2.75) is 6.04 Å². The third-order valence-corrected chi connectivity index (χ3v) is 4.75. The second-order valence-corrected chi connectivity index (χ2v) is 6.75. The molecule has 1 unspecified atom stereocenters. The molecule has 0 radical (unpaired) electrons. The smallest absolute Gasteiger partial charge is 0.0995 e. The molecule has 5 heteroatoms. The molecule has 0 aliphatic carbocycles. The van der Waals surface area contributed by atoms with Crippen molar-refractivity contribution in [2.75, 3.05) is 7.05 Å². The fourth-order valence-corrected chi connectivity index (χ4v) is 3.83. The van der Waals surface area contributed by atoms with Crippen LogP contribution in [0, 0.1) is 0 Å². The second kappa shape index (κ2) is 5.70. The average Bonchev–Trinajstić information content (AvgIpc) is 2.78. The van der Waals surface area contributed by atoms with E-state index in [1.807, 2.05) is 37.5 Å². The monoisotopic (exact) mass is 322 g/mol. The first kappa shape index (κ1) is 13.8. The second-order valence-electron chi connectivity index (χ2n) is 4.46. The Bertz CT molecular complexity index is 754. The molecule has 0 saturated carbocycles. The number of hydrogen-bond donors (Lipinski definition) is 1. The first-order valence-corrected chi connectivity index (χ1v) is 7.73. The summed E-state index contributed by atoms with van der Waals surface area (Å²) in [6.07, 6.45) is 1.88. The van der Waals surface area contributed by atoms with Gasteiger partial charge in [-0.1, -0.05) is 41.4 Å². The number of pyridine rings is 1. The van der Waals surface area contributed by atoms with Crippen LogP contribution in [-0.2, 0) is 0 Å². The standard InChI is InChI=1S/C15H12Cl2N2S/c1-18-14(11-7-13(16)20-15(11)17)10-6-9-4-2-3-5-12(9)19-8-10/h2-8,14,18H,1H3. The van der Waals surface area contributed by atoms with Crippen LogP contribution in [0.15, 0.2) is 42.6 Å². The number of hydrogen-bond acceptors (Lipinski definition) is 3. The topological polar surface area (TPSA) is 24.9 Å². The van der Waals surface area contributed by atoms with Crippen molar-refractivity contribution in [2.24, 2.45) is 0 Å². The van der Waals surface area contributed by atoms with Crippen LogP contribution in [-0.4, -0.2) is 12.0 Å². The SMILES string of the molecule is CNC(c1cnc2ccccc2c1)c1cc(Cl)sc1Cl. The van der Waals surface area contributed by atoms with Gasteiger partial charge in [0.25, 0.3) is 0 Å². The van der Waals surface area contributed by atoms with E-state index < -0.39 is 0 Å². The first-order chi connectivity index (χ1) is 9.69. The van der Waals surface area contributed by atoms with Crippen LogP contribution in [0.1, 0.15) is 17.2 Å². The average molecular weight is 323 g/mol. The summed E-state index contributed by atoms with van der Waals surface area (Å²) in [6.45, 7) is 0. The molecule has 3 rings (SSSR count). The van der Waals surface area contributed by atoms with Crippen LogP contribution in [0.25, 0.3) is 10.9 Å². The molecule has 0 spiro atoms. The zero-order valence-corrected chi connectivity index (χ0v) is 13.1. The molecule has 2 aromatic heterocycles. The molecule has 0 aliphatic rings. The number of benzene rings is 1. The molecule has 0 amide bonds. The van der Waals surface area contributed by atoms with Gasteiger partial charge in [-0.3, -0.25) is 4.98 Å². The van der Waals surface area contributed by atoms with Gasteiger partial charge in [0.05, 0.1) is 20.2 Å². The van der Waals surface area contributed by atoms with Gasteiger partial charge in [0.2, 0.25) is 0 Å². The van der Waals surface area contributed by atoms with Crippen molar-refractivity contribution in [3.05, 3.63) is 62.4 Å². The van der Waals surface area contributed by atoms with E-state index in [0.717, 1.165) is 22.0 Å². The molecular weight excluding hydrogens is 311 g/mol. The molecule has 102 valence electrons. The lowest BCUT2D eigenvalue weighted by atomic mass is 10.0. The zero-order chi connectivity index (χ0) is 14.1. The van der Waals surface area contributed by atoms with Crippen LogP contribution in [0.2, 0.25) is 8.67 Å². The molecule has 2 nitrogen and oxygen atoms in total. The molecule has 0 saturated heterocycles. The van der Waals surface area contributed by atoms with E-state index in [4.69, 9.17) is 23.2 Å². The molecule has 1 aromatic carbocycles. The Hall–Kier alpha value is -1.13. The van der Waals surface area contributed by atoms with Crippen molar-refractivity contribution in [1.82, 2.24) is 10.3 Å². The summed E-state index contributed by atoms with van der Waals surface area (Å²) < 4.78 is 1.40. The highest BCUT2D eigenvalue weighted by Gasteiger charge is 2.18. The highest BCUT2D eigenvalue weighted by molar-refractivity contribution is 7.20. The fraction of sp³-hybridized carbons (Fsp3) is 0.133. The van der Waals surface area contributed by atoms with Gasteiger partial charge < -0.3 is 5.32 Å². The Kier molecular flexibility index (Phi) is 3.94. The minimum absolute atomic E-state index is 0.0108. The van der Waals surface area contributed by atoms with Crippen molar-refractivity contribution in [3.8, 4) is 0 Å². The fourth-order valence-electron chi connectivity index (χ4n) is 2.30. The van der Waals surface area contributed by atoms with E-state index in [-0.39, 0.29) is 6.04 Å². The molecule has 1 atom stereocenters. The van der Waals surface area contributed by atoms with E-state index >= 15 is 0 Å². The van der Waals surface area contributed by atoms with E-state index in [1.165, 1.54) is 11.3 Å². The van der Waals surface area contributed by atoms with Crippen LogP contribution < -0.4 is 5.32 Å². The van der Waals surface area contributed by atoms with Gasteiger partial charge in [0.15, 0.2) is 0 Å². The number of nitrogens with one attached hydrogen (secondary N) is 1. The van der Waals surface area contributed by atoms with E-state index in [1.54, 1.807) is 0 Å². The molecular formula is C15H12Cl2N2S. The van der Waals surface area contributed by atoms with Crippen LogP contribution in [0.3, 0.4) is 0 Å². The van der Waals surface area contributed by atoms with Crippen molar-refractivity contribution < 1.29 is 0 Å². The summed E-state index contributed by atoms with van der Waals surface area (Å²) in [7, 11) is 1.90. The minimum Gasteiger partial charge on any atom is -0.309 e. The number of para-hydroxylation sites is 1. The molecule has 2 heterocycles. The van der Waals surface area contributed by atoms with Gasteiger partial charge in [0, 0.05) is 17.1 Å². The Morgan fingerprint density at radius 3 is 2.70 bits per heavy atom. The number of fused-ring (bicyclic) bond motifs is 1. The number of halogens is 2. The summed E-state index contributed by atoms with van der Waals surface area (Å²) in [5.74, 6) is 0. The summed E-state index contributed by atoms with van der Waals surface area (Å²) in [4.78, 5) is 4.50. The highest BCUT2D eigenvalue weighted by atomic mass is 35.5. The summed E-state index contributed by atoms with van der Waals surface area (Å²) in [5, 5.41) is 4.39. The highest BCUT2D eigenvalue weighted by Crippen LogP contribution is 2.37. The number of nitrogens with zero attached hydrogens (tertiary/aromatic N) is 1. The van der Waals surface area contributed by atoms with Gasteiger partial charge in [-0.2, -0.15) is 0 Å². The summed E-state index contributed by atoms with van der Waals surface area (Å²) in [6, 6.07) is 12.1. The molecule has 0 bridgehead atoms. The molecule has 0 fully saturated rings. The minimum atomic E-state index is -0.0108. The van der Waals surface area contributed by atoms with E-state index in [9.17, 15) is 0 Å². The van der Waals surface area contributed by atoms with Crippen molar-refractivity contribution >= 4 is 45.4 Å². The maximum Gasteiger partial charge on any atom is 0.0995 e. The first-order valence-electron chi connectivity index (χ1n) is 6.15. The Morgan fingerprint density at radius 1 is 1.20 bits per heavy atom. The number of thiophene rings is 1. The normalized spacial score (nSPS) is 12.8. The van der Waals surface area contributed by atoms with Crippen LogP contribution in [0.4, 0.5) is 0 Å². The Labute approximate surface area is 131 Å². The number of aromatic nitrogens is 1. The molecule has 3 aromatic rings. The van der Waals surface area contributed by atoms with Crippen LogP contribution in [0.5, 0.6) is 0 Å². The van der Waals surface area contributed by atoms with Gasteiger partial charge in [-0.05, 0) is 30.8 Å². The van der Waals surface area contributed by atoms with E-state index in [0.29, 0.717) is 8.67 Å². The molecule has 20 heavy (non-hydrogen) atoms. The van der Waals surface area contributed by atoms with Crippen LogP contribution >= 0.6 is 34.5 Å². The maximum atomic E-state index is 6.26. The number of rotatable bonds is 3. The summed E-state index contributed by atoms with van der Waals surface area (Å²) >= 11 is 13.7. The third kappa shape index (κ3) is 2.54. The maximum absolute atomic E-state index is 6.26. The van der Waals surface area contributed by atoms with Crippen molar-refractivity contribution in [1.29, 1.82) is 0 Å². The quantitative estimate of drug-likeness (QED) is 0.740. The largest absolute Gasteiger partial charge is 0.309 e. The predicted octanol–water partition coefficient (Wildman–Crippen LogP) is 4.91. The van der Waals surface area contributed by atoms with Gasteiger partial charge in [-0.25, -0.2) is 0 Å². The van der Waals surface area contributed by atoms with Gasteiger partial charge in [-0.15, -0.1) is 11.3 Å². The molecule has 0 aliphatic heterocycles. The summed E-state index contributed by atoms with van der Waals surface area (Å²) in [5.41, 5.74) is 3.05. The van der Waals surface area contributed by atoms with E-state index in [2.05, 4.69) is 22.4 Å². The molecule has 1 N–H and O–H groups in total. The van der Waals surface area contributed by atoms with Gasteiger partial charge in [0.1, 0.15) is 0 Å².